The van der Waals surface area contributed by atoms with Gasteiger partial charge in [-0.3, -0.25) is 4.72 Å². The maximum Gasteiger partial charge on any atom is 0.347 e. The Labute approximate surface area is 154 Å². The van der Waals surface area contributed by atoms with Gasteiger partial charge in [0.25, 0.3) is 10.0 Å². The molecule has 1 aliphatic carbocycles. The molecule has 0 saturated carbocycles. The number of carboxylic acids is 1. The molecule has 0 unspecified atom stereocenters. The number of benzene rings is 1. The molecule has 0 spiro atoms. The van der Waals surface area contributed by atoms with Crippen LogP contribution in [0.4, 0.5) is 5.69 Å². The predicted molar refractivity (Wildman–Crippen MR) is 96.5 cm³/mol. The van der Waals surface area contributed by atoms with Crippen molar-refractivity contribution in [1.29, 1.82) is 0 Å². The van der Waals surface area contributed by atoms with Crippen molar-refractivity contribution in [2.75, 3.05) is 11.8 Å². The number of esters is 1. The van der Waals surface area contributed by atoms with Gasteiger partial charge in [0.2, 0.25) is 0 Å². The lowest BCUT2D eigenvalue weighted by atomic mass is 9.87. The molecule has 3 rings (SSSR count). The summed E-state index contributed by atoms with van der Waals surface area (Å²) in [7, 11) is -2.92. The predicted octanol–water partition coefficient (Wildman–Crippen LogP) is 2.91. The van der Waals surface area contributed by atoms with Gasteiger partial charge in [-0.1, -0.05) is 6.07 Å². The zero-order valence-corrected chi connectivity index (χ0v) is 15.6. The third kappa shape index (κ3) is 3.32. The number of carboxylic acid groups (broad SMARTS) is 1. The van der Waals surface area contributed by atoms with E-state index >= 15 is 0 Å². The molecule has 0 atom stereocenters. The van der Waals surface area contributed by atoms with Crippen molar-refractivity contribution >= 4 is 39.0 Å². The fraction of sp³-hybridized carbons (Fsp3) is 0.294. The molecule has 1 heterocycles. The number of thiophene rings is 1. The Kier molecular flexibility index (Phi) is 5.01. The van der Waals surface area contributed by atoms with Crippen molar-refractivity contribution in [3.8, 4) is 0 Å². The molecule has 7 nitrogen and oxygen atoms in total. The molecule has 9 heteroatoms. The third-order valence-corrected chi connectivity index (χ3v) is 6.72. The van der Waals surface area contributed by atoms with Crippen LogP contribution >= 0.6 is 11.3 Å². The van der Waals surface area contributed by atoms with Gasteiger partial charge in [0, 0.05) is 0 Å². The molecule has 0 amide bonds. The summed E-state index contributed by atoms with van der Waals surface area (Å²) in [5.74, 6) is -1.94. The minimum Gasteiger partial charge on any atom is -0.477 e. The highest BCUT2D eigenvalue weighted by Crippen LogP contribution is 2.32. The van der Waals surface area contributed by atoms with Gasteiger partial charge in [0.15, 0.2) is 0 Å². The number of anilines is 1. The van der Waals surface area contributed by atoms with Crippen LogP contribution in [0.5, 0.6) is 0 Å². The Morgan fingerprint density at radius 1 is 1.19 bits per heavy atom. The van der Waals surface area contributed by atoms with Crippen molar-refractivity contribution in [2.45, 2.75) is 30.6 Å². The summed E-state index contributed by atoms with van der Waals surface area (Å²) >= 11 is 0.823. The fourth-order valence-corrected chi connectivity index (χ4v) is 5.45. The zero-order valence-electron chi connectivity index (χ0n) is 13.9. The molecule has 26 heavy (non-hydrogen) atoms. The van der Waals surface area contributed by atoms with Crippen molar-refractivity contribution in [3.05, 3.63) is 45.1 Å². The van der Waals surface area contributed by atoms with Gasteiger partial charge in [-0.05, 0) is 54.3 Å². The van der Waals surface area contributed by atoms with Crippen LogP contribution in [0, 0.1) is 0 Å². The summed E-state index contributed by atoms with van der Waals surface area (Å²) in [5.41, 5.74) is 2.08. The van der Waals surface area contributed by atoms with Gasteiger partial charge < -0.3 is 9.84 Å². The number of methoxy groups -OCH3 is 1. The topological polar surface area (TPSA) is 110 Å². The van der Waals surface area contributed by atoms with E-state index in [1.165, 1.54) is 24.6 Å². The zero-order chi connectivity index (χ0) is 18.9. The molecular formula is C17H17NO6S2. The van der Waals surface area contributed by atoms with Crippen LogP contribution in [0.15, 0.2) is 28.5 Å². The second-order valence-corrected chi connectivity index (χ2v) is 8.42. The van der Waals surface area contributed by atoms with Crippen molar-refractivity contribution < 1.29 is 27.9 Å². The number of carbonyl (C=O) groups is 2. The van der Waals surface area contributed by atoms with E-state index in [0.717, 1.165) is 41.7 Å². The molecule has 2 aromatic rings. The monoisotopic (exact) mass is 395 g/mol. The van der Waals surface area contributed by atoms with Crippen LogP contribution in [0.3, 0.4) is 0 Å². The summed E-state index contributed by atoms with van der Waals surface area (Å²) in [6.45, 7) is 0. The van der Waals surface area contributed by atoms with Crippen LogP contribution < -0.4 is 4.72 Å². The van der Waals surface area contributed by atoms with Crippen LogP contribution in [-0.4, -0.2) is 32.6 Å². The van der Waals surface area contributed by atoms with E-state index in [-0.39, 0.29) is 21.0 Å². The van der Waals surface area contributed by atoms with E-state index in [4.69, 9.17) is 9.84 Å². The van der Waals surface area contributed by atoms with Crippen LogP contribution in [0.25, 0.3) is 0 Å². The molecule has 2 N–H and O–H groups in total. The highest BCUT2D eigenvalue weighted by molar-refractivity contribution is 7.93. The Bertz CT molecular complexity index is 977. The van der Waals surface area contributed by atoms with E-state index in [1.807, 2.05) is 0 Å². The Hall–Kier alpha value is -2.39. The number of nitrogens with one attached hydrogen (secondary N) is 1. The minimum absolute atomic E-state index is 0.0973. The Balaban J connectivity index is 2.08. The highest BCUT2D eigenvalue weighted by atomic mass is 32.2. The summed E-state index contributed by atoms with van der Waals surface area (Å²) in [5, 5.41) is 10.6. The van der Waals surface area contributed by atoms with E-state index in [2.05, 4.69) is 4.72 Å². The summed E-state index contributed by atoms with van der Waals surface area (Å²) < 4.78 is 32.6. The summed E-state index contributed by atoms with van der Waals surface area (Å²) in [4.78, 5) is 22.9. The average molecular weight is 395 g/mol. The highest BCUT2D eigenvalue weighted by Gasteiger charge is 2.28. The first-order chi connectivity index (χ1) is 12.3. The number of carbonyl (C=O) groups excluding carboxylic acids is 1. The number of aryl methyl sites for hydroxylation is 1. The van der Waals surface area contributed by atoms with Crippen LogP contribution in [0.2, 0.25) is 0 Å². The second kappa shape index (κ2) is 7.08. The molecule has 1 aromatic carbocycles. The molecule has 1 aliphatic rings. The van der Waals surface area contributed by atoms with Gasteiger partial charge >= 0.3 is 11.9 Å². The summed E-state index contributed by atoms with van der Waals surface area (Å²) in [6, 6.07) is 4.55. The normalized spacial score (nSPS) is 13.7. The van der Waals surface area contributed by atoms with Crippen molar-refractivity contribution in [3.63, 3.8) is 0 Å². The van der Waals surface area contributed by atoms with E-state index < -0.39 is 22.0 Å². The molecule has 138 valence electrons. The van der Waals surface area contributed by atoms with Gasteiger partial charge in [-0.2, -0.15) is 0 Å². The minimum atomic E-state index is -4.16. The first-order valence-electron chi connectivity index (χ1n) is 7.92. The fourth-order valence-electron chi connectivity index (χ4n) is 3.11. The van der Waals surface area contributed by atoms with Crippen molar-refractivity contribution in [2.24, 2.45) is 0 Å². The SMILES string of the molecule is COC(=O)c1c(NS(=O)(=O)c2ccsc2C(=O)O)ccc2c1CCCC2. The first-order valence-corrected chi connectivity index (χ1v) is 10.3. The largest absolute Gasteiger partial charge is 0.477 e. The molecule has 1 aromatic heterocycles. The van der Waals surface area contributed by atoms with Gasteiger partial charge in [-0.25, -0.2) is 18.0 Å². The molecule has 0 bridgehead atoms. The molecule has 0 radical (unpaired) electrons. The van der Waals surface area contributed by atoms with Gasteiger partial charge in [0.05, 0.1) is 18.4 Å². The molecule has 0 saturated heterocycles. The van der Waals surface area contributed by atoms with E-state index in [0.29, 0.717) is 6.42 Å². The summed E-state index contributed by atoms with van der Waals surface area (Å²) in [6.07, 6.45) is 3.39. The molecular weight excluding hydrogens is 378 g/mol. The quantitative estimate of drug-likeness (QED) is 0.753. The maximum absolute atomic E-state index is 12.7. The smallest absolute Gasteiger partial charge is 0.347 e. The number of hydrogen-bond donors (Lipinski definition) is 2. The number of ether oxygens (including phenoxy) is 1. The van der Waals surface area contributed by atoms with Crippen LogP contribution in [-0.2, 0) is 27.6 Å². The Morgan fingerprint density at radius 2 is 1.92 bits per heavy atom. The van der Waals surface area contributed by atoms with E-state index in [9.17, 15) is 18.0 Å². The maximum atomic E-state index is 12.7. The number of fused-ring (bicyclic) bond motifs is 1. The average Bonchev–Trinajstić information content (AvgIpc) is 3.12. The first kappa shape index (κ1) is 18.4. The van der Waals surface area contributed by atoms with Gasteiger partial charge in [-0.15, -0.1) is 11.3 Å². The molecule has 0 fully saturated rings. The lowest BCUT2D eigenvalue weighted by molar-refractivity contribution is 0.0599. The Morgan fingerprint density at radius 3 is 2.62 bits per heavy atom. The van der Waals surface area contributed by atoms with Crippen molar-refractivity contribution in [1.82, 2.24) is 0 Å². The number of aromatic carboxylic acids is 1. The molecule has 0 aliphatic heterocycles. The lowest BCUT2D eigenvalue weighted by Gasteiger charge is -2.21. The standard InChI is InChI=1S/C17H17NO6S2/c1-24-17(21)14-11-5-3-2-4-10(11)6-7-12(14)18-26(22,23)13-8-9-25-15(13)16(19)20/h6-9,18H,2-5H2,1H3,(H,19,20). The number of hydrogen-bond acceptors (Lipinski definition) is 6. The van der Waals surface area contributed by atoms with Crippen LogP contribution in [0.1, 0.15) is 44.0 Å². The van der Waals surface area contributed by atoms with Gasteiger partial charge in [0.1, 0.15) is 9.77 Å². The number of rotatable bonds is 5. The van der Waals surface area contributed by atoms with E-state index in [1.54, 1.807) is 6.07 Å². The number of sulfonamides is 1. The lowest BCUT2D eigenvalue weighted by Crippen LogP contribution is -2.20. The third-order valence-electron chi connectivity index (χ3n) is 4.28. The second-order valence-electron chi connectivity index (χ2n) is 5.85.